The Morgan fingerprint density at radius 2 is 2.17 bits per heavy atom. The summed E-state index contributed by atoms with van der Waals surface area (Å²) in [7, 11) is 3.99. The first-order valence-corrected chi connectivity index (χ1v) is 6.69. The van der Waals surface area contributed by atoms with Gasteiger partial charge in [0.15, 0.2) is 10.8 Å². The van der Waals surface area contributed by atoms with Gasteiger partial charge in [0.05, 0.1) is 0 Å². The van der Waals surface area contributed by atoms with Gasteiger partial charge >= 0.3 is 6.18 Å². The molecular formula is C11H16F3N3S. The lowest BCUT2D eigenvalue weighted by Crippen LogP contribution is -2.36. The van der Waals surface area contributed by atoms with Gasteiger partial charge in [-0.05, 0) is 32.9 Å². The number of anilines is 1. The van der Waals surface area contributed by atoms with Crippen molar-refractivity contribution in [1.29, 1.82) is 0 Å². The largest absolute Gasteiger partial charge is 0.434 e. The molecule has 0 aliphatic heterocycles. The maximum Gasteiger partial charge on any atom is 0.434 e. The molecule has 0 aromatic carbocycles. The maximum atomic E-state index is 12.4. The van der Waals surface area contributed by atoms with Crippen molar-refractivity contribution >= 4 is 16.5 Å². The zero-order chi connectivity index (χ0) is 13.3. The van der Waals surface area contributed by atoms with E-state index in [1.54, 1.807) is 0 Å². The van der Waals surface area contributed by atoms with Gasteiger partial charge in [0.2, 0.25) is 0 Å². The monoisotopic (exact) mass is 279 g/mol. The summed E-state index contributed by atoms with van der Waals surface area (Å²) in [6, 6.07) is 0.364. The molecule has 0 bridgehead atoms. The van der Waals surface area contributed by atoms with E-state index in [-0.39, 0.29) is 0 Å². The summed E-state index contributed by atoms with van der Waals surface area (Å²) in [5.41, 5.74) is -0.817. The van der Waals surface area contributed by atoms with Crippen molar-refractivity contribution in [3.63, 3.8) is 0 Å². The van der Waals surface area contributed by atoms with Gasteiger partial charge in [-0.1, -0.05) is 0 Å². The Morgan fingerprint density at radius 3 is 2.61 bits per heavy atom. The molecular weight excluding hydrogens is 263 g/mol. The Kier molecular flexibility index (Phi) is 3.82. The maximum absolute atomic E-state index is 12.4. The normalized spacial score (nSPS) is 18.1. The van der Waals surface area contributed by atoms with Crippen molar-refractivity contribution in [3.05, 3.63) is 11.1 Å². The first kappa shape index (κ1) is 13.6. The topological polar surface area (TPSA) is 28.2 Å². The third-order valence-corrected chi connectivity index (χ3v) is 3.89. The Labute approximate surface area is 108 Å². The lowest BCUT2D eigenvalue weighted by Gasteiger charge is -2.24. The Morgan fingerprint density at radius 1 is 1.50 bits per heavy atom. The average molecular weight is 279 g/mol. The van der Waals surface area contributed by atoms with Crippen molar-refractivity contribution < 1.29 is 13.2 Å². The molecule has 1 heterocycles. The van der Waals surface area contributed by atoms with Crippen molar-refractivity contribution in [3.8, 4) is 0 Å². The van der Waals surface area contributed by atoms with E-state index in [1.165, 1.54) is 12.8 Å². The first-order valence-electron chi connectivity index (χ1n) is 5.81. The second-order valence-electron chi connectivity index (χ2n) is 4.78. The lowest BCUT2D eigenvalue weighted by atomic mass is 10.1. The number of hydrogen-bond acceptors (Lipinski definition) is 4. The molecule has 102 valence electrons. The highest BCUT2D eigenvalue weighted by molar-refractivity contribution is 7.13. The van der Waals surface area contributed by atoms with Gasteiger partial charge in [0.25, 0.3) is 0 Å². The molecule has 1 aliphatic carbocycles. The summed E-state index contributed by atoms with van der Waals surface area (Å²) < 4.78 is 37.1. The first-order chi connectivity index (χ1) is 8.38. The summed E-state index contributed by atoms with van der Waals surface area (Å²) in [6.07, 6.45) is -1.94. The standard InChI is InChI=1S/C11H16F3N3S/c1-17(2)8(7-3-4-7)5-15-10-16-9(6-18-10)11(12,13)14/h6-8H,3-5H2,1-2H3,(H,15,16)/t8-/m1/s1. The van der Waals surface area contributed by atoms with E-state index in [2.05, 4.69) is 15.2 Å². The summed E-state index contributed by atoms with van der Waals surface area (Å²) in [5.74, 6) is 0.662. The van der Waals surface area contributed by atoms with Crippen LogP contribution in [-0.2, 0) is 6.18 Å². The molecule has 7 heteroatoms. The third kappa shape index (κ3) is 3.35. The third-order valence-electron chi connectivity index (χ3n) is 3.09. The van der Waals surface area contributed by atoms with E-state index in [0.29, 0.717) is 23.6 Å². The Bertz CT molecular complexity index is 396. The Hall–Kier alpha value is -0.820. The van der Waals surface area contributed by atoms with Crippen LogP contribution in [0, 0.1) is 5.92 Å². The molecule has 0 unspecified atom stereocenters. The number of likely N-dealkylation sites (N-methyl/N-ethyl adjacent to an activating group) is 1. The number of rotatable bonds is 5. The second-order valence-corrected chi connectivity index (χ2v) is 5.64. The van der Waals surface area contributed by atoms with Crippen LogP contribution in [0.2, 0.25) is 0 Å². The molecule has 1 aliphatic rings. The molecule has 2 rings (SSSR count). The summed E-state index contributed by atoms with van der Waals surface area (Å²) in [5, 5.41) is 4.39. The molecule has 1 aromatic heterocycles. The van der Waals surface area contributed by atoms with Gasteiger partial charge < -0.3 is 10.2 Å². The van der Waals surface area contributed by atoms with E-state index in [0.717, 1.165) is 16.7 Å². The van der Waals surface area contributed by atoms with Crippen LogP contribution in [0.1, 0.15) is 18.5 Å². The van der Waals surface area contributed by atoms with Gasteiger partial charge in [0, 0.05) is 18.0 Å². The number of halogens is 3. The van der Waals surface area contributed by atoms with E-state index in [4.69, 9.17) is 0 Å². The molecule has 3 nitrogen and oxygen atoms in total. The zero-order valence-electron chi connectivity index (χ0n) is 10.3. The number of hydrogen-bond donors (Lipinski definition) is 1. The highest BCUT2D eigenvalue weighted by Crippen LogP contribution is 2.35. The van der Waals surface area contributed by atoms with Crippen LogP contribution in [0.15, 0.2) is 5.38 Å². The van der Waals surface area contributed by atoms with Crippen LogP contribution in [0.5, 0.6) is 0 Å². The van der Waals surface area contributed by atoms with Gasteiger partial charge in [-0.25, -0.2) is 4.98 Å². The fourth-order valence-electron chi connectivity index (χ4n) is 1.93. The number of nitrogens with one attached hydrogen (secondary N) is 1. The van der Waals surface area contributed by atoms with Crippen LogP contribution >= 0.6 is 11.3 Å². The van der Waals surface area contributed by atoms with Crippen LogP contribution in [0.4, 0.5) is 18.3 Å². The highest BCUT2D eigenvalue weighted by atomic mass is 32.1. The SMILES string of the molecule is CN(C)[C@H](CNc1nc(C(F)(F)F)cs1)C1CC1. The molecule has 18 heavy (non-hydrogen) atoms. The lowest BCUT2D eigenvalue weighted by molar-refractivity contribution is -0.140. The molecule has 1 saturated carbocycles. The number of nitrogens with zero attached hydrogens (tertiary/aromatic N) is 2. The number of aromatic nitrogens is 1. The molecule has 1 N–H and O–H groups in total. The molecule has 0 saturated heterocycles. The molecule has 0 radical (unpaired) electrons. The predicted octanol–water partition coefficient (Wildman–Crippen LogP) is 2.91. The summed E-state index contributed by atoms with van der Waals surface area (Å²) >= 11 is 1.00. The van der Waals surface area contributed by atoms with Crippen molar-refractivity contribution in [2.24, 2.45) is 5.92 Å². The summed E-state index contributed by atoms with van der Waals surface area (Å²) in [4.78, 5) is 5.67. The minimum Gasteiger partial charge on any atom is -0.360 e. The number of thiazole rings is 1. The van der Waals surface area contributed by atoms with E-state index in [9.17, 15) is 13.2 Å². The average Bonchev–Trinajstić information content (AvgIpc) is 2.94. The van der Waals surface area contributed by atoms with Gasteiger partial charge in [-0.3, -0.25) is 0 Å². The van der Waals surface area contributed by atoms with Gasteiger partial charge in [-0.15, -0.1) is 11.3 Å². The highest BCUT2D eigenvalue weighted by Gasteiger charge is 2.35. The number of alkyl halides is 3. The van der Waals surface area contributed by atoms with Gasteiger partial charge in [0.1, 0.15) is 0 Å². The van der Waals surface area contributed by atoms with Gasteiger partial charge in [-0.2, -0.15) is 13.2 Å². The van der Waals surface area contributed by atoms with E-state index < -0.39 is 11.9 Å². The second kappa shape index (κ2) is 5.05. The fourth-order valence-corrected chi connectivity index (χ4v) is 2.66. The van der Waals surface area contributed by atoms with Crippen LogP contribution in [0.3, 0.4) is 0 Å². The quantitative estimate of drug-likeness (QED) is 0.898. The molecule has 0 spiro atoms. The van der Waals surface area contributed by atoms with Crippen molar-refractivity contribution in [2.75, 3.05) is 26.0 Å². The molecule has 1 aromatic rings. The summed E-state index contributed by atoms with van der Waals surface area (Å²) in [6.45, 7) is 0.641. The van der Waals surface area contributed by atoms with Crippen LogP contribution in [0.25, 0.3) is 0 Å². The molecule has 1 fully saturated rings. The van der Waals surface area contributed by atoms with Crippen molar-refractivity contribution in [2.45, 2.75) is 25.1 Å². The van der Waals surface area contributed by atoms with E-state index in [1.807, 2.05) is 14.1 Å². The van der Waals surface area contributed by atoms with E-state index >= 15 is 0 Å². The fraction of sp³-hybridized carbons (Fsp3) is 0.727. The zero-order valence-corrected chi connectivity index (χ0v) is 11.1. The smallest absolute Gasteiger partial charge is 0.360 e. The van der Waals surface area contributed by atoms with Crippen molar-refractivity contribution in [1.82, 2.24) is 9.88 Å². The Balaban J connectivity index is 1.91. The minimum atomic E-state index is -4.35. The minimum absolute atomic E-state index is 0.342. The molecule has 0 amide bonds. The van der Waals surface area contributed by atoms with Crippen LogP contribution < -0.4 is 5.32 Å². The predicted molar refractivity (Wildman–Crippen MR) is 65.8 cm³/mol. The van der Waals surface area contributed by atoms with Crippen LogP contribution in [-0.4, -0.2) is 36.6 Å². The molecule has 1 atom stereocenters.